The van der Waals surface area contributed by atoms with Gasteiger partial charge < -0.3 is 9.88 Å². The fourth-order valence-corrected chi connectivity index (χ4v) is 7.51. The highest BCUT2D eigenvalue weighted by atomic mass is 19.1. The Morgan fingerprint density at radius 1 is 0.905 bits per heavy atom. The van der Waals surface area contributed by atoms with Crippen molar-refractivity contribution in [3.63, 3.8) is 0 Å². The van der Waals surface area contributed by atoms with E-state index in [4.69, 9.17) is 4.99 Å². The molecule has 6 heteroatoms. The second kappa shape index (κ2) is 11.5. The molecule has 42 heavy (non-hydrogen) atoms. The van der Waals surface area contributed by atoms with Crippen molar-refractivity contribution < 1.29 is 9.18 Å². The van der Waals surface area contributed by atoms with Crippen LogP contribution in [-0.4, -0.2) is 46.2 Å². The molecule has 0 atom stereocenters. The highest BCUT2D eigenvalue weighted by molar-refractivity contribution is 6.21. The lowest BCUT2D eigenvalue weighted by molar-refractivity contribution is -0.117. The number of nitrogens with zero attached hydrogens (tertiary/aromatic N) is 3. The Kier molecular flexibility index (Phi) is 7.41. The van der Waals surface area contributed by atoms with Crippen LogP contribution in [0.15, 0.2) is 83.9 Å². The van der Waals surface area contributed by atoms with Gasteiger partial charge in [0.2, 0.25) is 5.91 Å². The highest BCUT2D eigenvalue weighted by Crippen LogP contribution is 2.42. The first-order valence-corrected chi connectivity index (χ1v) is 15.6. The van der Waals surface area contributed by atoms with E-state index in [1.165, 1.54) is 59.1 Å². The Balaban J connectivity index is 1.13. The van der Waals surface area contributed by atoms with E-state index in [9.17, 15) is 9.18 Å². The van der Waals surface area contributed by atoms with Crippen LogP contribution in [0, 0.1) is 5.82 Å². The summed E-state index contributed by atoms with van der Waals surface area (Å²) in [6.07, 6.45) is 8.74. The number of aromatic nitrogens is 1. The quantitative estimate of drug-likeness (QED) is 0.266. The van der Waals surface area contributed by atoms with E-state index in [0.717, 1.165) is 57.5 Å². The number of fused-ring (bicyclic) bond motifs is 1. The number of piperidine rings is 1. The lowest BCUT2D eigenvalue weighted by atomic mass is 9.82. The monoisotopic (exact) mass is 562 g/mol. The number of amides is 1. The van der Waals surface area contributed by atoms with Crippen molar-refractivity contribution in [3.05, 3.63) is 102 Å². The molecular weight excluding hydrogens is 523 g/mol. The summed E-state index contributed by atoms with van der Waals surface area (Å²) in [5.74, 6) is -0.262. The van der Waals surface area contributed by atoms with Crippen LogP contribution in [0.25, 0.3) is 10.9 Å². The molecular formula is C36H39FN4O. The summed E-state index contributed by atoms with van der Waals surface area (Å²) in [6.45, 7) is 2.56. The molecule has 1 N–H and O–H groups in total. The number of anilines is 1. The number of halogens is 1. The van der Waals surface area contributed by atoms with Crippen LogP contribution in [0.3, 0.4) is 0 Å². The van der Waals surface area contributed by atoms with Crippen molar-refractivity contribution in [1.82, 2.24) is 9.88 Å². The predicted octanol–water partition coefficient (Wildman–Crippen LogP) is 7.44. The minimum atomic E-state index is -0.472. The first-order chi connectivity index (χ1) is 20.6. The maximum atomic E-state index is 14.3. The SMILES string of the molecule is O=C1CC(=NC2CCCCC2)C2(CCN(Cc3cccc4cc(Cc5ccccc5)[nH]c34)CC2)N1c1cccc(F)c1. The fourth-order valence-electron chi connectivity index (χ4n) is 7.51. The molecule has 3 heterocycles. The zero-order chi connectivity index (χ0) is 28.5. The second-order valence-electron chi connectivity index (χ2n) is 12.4. The summed E-state index contributed by atoms with van der Waals surface area (Å²) in [6, 6.07) is 26.2. The molecule has 1 aromatic heterocycles. The van der Waals surface area contributed by atoms with Crippen LogP contribution in [0.5, 0.6) is 0 Å². The maximum Gasteiger partial charge on any atom is 0.233 e. The summed E-state index contributed by atoms with van der Waals surface area (Å²) in [4.78, 5) is 27.0. The Morgan fingerprint density at radius 2 is 1.69 bits per heavy atom. The van der Waals surface area contributed by atoms with Crippen molar-refractivity contribution in [2.45, 2.75) is 75.9 Å². The minimum absolute atomic E-state index is 0.0470. The third kappa shape index (κ3) is 5.29. The van der Waals surface area contributed by atoms with Gasteiger partial charge in [-0.1, -0.05) is 73.9 Å². The molecule has 3 aliphatic rings. The first kappa shape index (κ1) is 27.1. The number of likely N-dealkylation sites (tertiary alicyclic amines) is 1. The Bertz CT molecular complexity index is 1600. The largest absolute Gasteiger partial charge is 0.358 e. The molecule has 216 valence electrons. The van der Waals surface area contributed by atoms with Crippen molar-refractivity contribution in [3.8, 4) is 0 Å². The topological polar surface area (TPSA) is 51.7 Å². The van der Waals surface area contributed by atoms with Crippen LogP contribution in [-0.2, 0) is 17.8 Å². The lowest BCUT2D eigenvalue weighted by Crippen LogP contribution is -2.56. The lowest BCUT2D eigenvalue weighted by Gasteiger charge is -2.45. The number of hydrogen-bond acceptors (Lipinski definition) is 3. The zero-order valence-electron chi connectivity index (χ0n) is 24.2. The predicted molar refractivity (Wildman–Crippen MR) is 168 cm³/mol. The number of carbonyl (C=O) groups is 1. The third-order valence-corrected chi connectivity index (χ3v) is 9.63. The van der Waals surface area contributed by atoms with E-state index in [2.05, 4.69) is 64.5 Å². The van der Waals surface area contributed by atoms with Crippen LogP contribution >= 0.6 is 0 Å². The molecule has 1 spiro atoms. The maximum absolute atomic E-state index is 14.3. The van der Waals surface area contributed by atoms with E-state index in [-0.39, 0.29) is 11.7 Å². The van der Waals surface area contributed by atoms with E-state index in [1.807, 2.05) is 11.0 Å². The van der Waals surface area contributed by atoms with E-state index >= 15 is 0 Å². The standard InChI is InChI=1S/C36H39FN4O/c37-29-13-8-16-32(23-29)41-34(42)24-33(38-30-14-5-2-6-15-30)36(41)17-19-40(20-18-36)25-28-12-7-11-27-22-31(39-35(27)28)21-26-9-3-1-4-10-26/h1,3-4,7-13,16,22-23,30,39H,2,5-6,14-15,17-21,24-25H2. The molecule has 0 radical (unpaired) electrons. The number of rotatable bonds is 6. The molecule has 1 aliphatic carbocycles. The summed E-state index contributed by atoms with van der Waals surface area (Å²) in [5.41, 5.74) is 6.24. The zero-order valence-corrected chi connectivity index (χ0v) is 24.2. The average molecular weight is 563 g/mol. The Labute approximate surface area is 247 Å². The molecule has 3 aromatic carbocycles. The number of hydrogen-bond donors (Lipinski definition) is 1. The fraction of sp³-hybridized carbons (Fsp3) is 0.389. The van der Waals surface area contributed by atoms with E-state index < -0.39 is 5.54 Å². The van der Waals surface area contributed by atoms with E-state index in [0.29, 0.717) is 18.2 Å². The van der Waals surface area contributed by atoms with Crippen molar-refractivity contribution >= 4 is 28.2 Å². The number of H-pyrrole nitrogens is 1. The van der Waals surface area contributed by atoms with Gasteiger partial charge in [-0.25, -0.2) is 4.39 Å². The molecule has 1 amide bonds. The van der Waals surface area contributed by atoms with Crippen molar-refractivity contribution in [1.29, 1.82) is 0 Å². The van der Waals surface area contributed by atoms with Gasteiger partial charge in [-0.15, -0.1) is 0 Å². The van der Waals surface area contributed by atoms with Gasteiger partial charge in [0.15, 0.2) is 0 Å². The van der Waals surface area contributed by atoms with Crippen molar-refractivity contribution in [2.75, 3.05) is 18.0 Å². The van der Waals surface area contributed by atoms with Gasteiger partial charge in [-0.3, -0.25) is 14.7 Å². The van der Waals surface area contributed by atoms with E-state index in [1.54, 1.807) is 6.07 Å². The van der Waals surface area contributed by atoms with Crippen LogP contribution < -0.4 is 4.90 Å². The summed E-state index contributed by atoms with van der Waals surface area (Å²) >= 11 is 0. The molecule has 1 saturated carbocycles. The van der Waals surface area contributed by atoms with Gasteiger partial charge >= 0.3 is 0 Å². The number of para-hydroxylation sites is 1. The smallest absolute Gasteiger partial charge is 0.233 e. The van der Waals surface area contributed by atoms with Gasteiger partial charge in [0.25, 0.3) is 0 Å². The van der Waals surface area contributed by atoms with Gasteiger partial charge in [-0.05, 0) is 66.5 Å². The molecule has 2 saturated heterocycles. The van der Waals surface area contributed by atoms with Crippen LogP contribution in [0.4, 0.5) is 10.1 Å². The molecule has 7 rings (SSSR count). The van der Waals surface area contributed by atoms with Crippen molar-refractivity contribution in [2.24, 2.45) is 4.99 Å². The van der Waals surface area contributed by atoms with Gasteiger partial charge in [0, 0.05) is 49.2 Å². The Hall–Kier alpha value is -3.77. The van der Waals surface area contributed by atoms with Crippen LogP contribution in [0.2, 0.25) is 0 Å². The summed E-state index contributed by atoms with van der Waals surface area (Å²) in [5, 5.41) is 1.24. The molecule has 2 aliphatic heterocycles. The number of carbonyl (C=O) groups excluding carboxylic acids is 1. The molecule has 5 nitrogen and oxygen atoms in total. The van der Waals surface area contributed by atoms with Gasteiger partial charge in [-0.2, -0.15) is 0 Å². The molecule has 0 bridgehead atoms. The second-order valence-corrected chi connectivity index (χ2v) is 12.4. The van der Waals surface area contributed by atoms with Gasteiger partial charge in [0.05, 0.1) is 17.5 Å². The number of benzene rings is 3. The number of aromatic amines is 1. The van der Waals surface area contributed by atoms with Crippen LogP contribution in [0.1, 0.15) is 68.2 Å². The highest BCUT2D eigenvalue weighted by Gasteiger charge is 2.52. The number of aliphatic imine (C=N–C) groups is 1. The summed E-state index contributed by atoms with van der Waals surface area (Å²) < 4.78 is 14.3. The minimum Gasteiger partial charge on any atom is -0.358 e. The first-order valence-electron chi connectivity index (χ1n) is 15.6. The number of nitrogens with one attached hydrogen (secondary N) is 1. The molecule has 0 unspecified atom stereocenters. The third-order valence-electron chi connectivity index (χ3n) is 9.63. The average Bonchev–Trinajstić information content (AvgIpc) is 3.53. The summed E-state index contributed by atoms with van der Waals surface area (Å²) in [7, 11) is 0. The molecule has 3 fully saturated rings. The normalized spacial score (nSPS) is 20.7. The van der Waals surface area contributed by atoms with Gasteiger partial charge in [0.1, 0.15) is 5.82 Å². The molecule has 4 aromatic rings. The Morgan fingerprint density at radius 3 is 2.48 bits per heavy atom.